The molecule has 3 unspecified atom stereocenters. The SMILES string of the molecule is CC(OP)C1(CCCO)CCCN1C(=O)OC(C)(C)C. The van der Waals surface area contributed by atoms with Crippen molar-refractivity contribution in [3.05, 3.63) is 0 Å². The smallest absolute Gasteiger partial charge is 0.410 e. The number of hydrogen-bond donors (Lipinski definition) is 1. The van der Waals surface area contributed by atoms with Gasteiger partial charge in [0, 0.05) is 22.6 Å². The number of aliphatic hydroxyl groups excluding tert-OH is 1. The number of carbonyl (C=O) groups is 1. The molecule has 0 aliphatic carbocycles. The minimum atomic E-state index is -0.506. The maximum atomic E-state index is 12.4. The molecule has 5 nitrogen and oxygen atoms in total. The van der Waals surface area contributed by atoms with Crippen LogP contribution in [0.5, 0.6) is 0 Å². The quantitative estimate of drug-likeness (QED) is 0.793. The van der Waals surface area contributed by atoms with Gasteiger partial charge in [-0.05, 0) is 53.4 Å². The Balaban J connectivity index is 2.93. The Morgan fingerprint density at radius 1 is 1.50 bits per heavy atom. The third-order valence-electron chi connectivity index (χ3n) is 3.87. The van der Waals surface area contributed by atoms with E-state index in [1.807, 2.05) is 27.7 Å². The third kappa shape index (κ3) is 4.06. The first kappa shape index (κ1) is 17.7. The molecule has 1 rings (SSSR count). The molecular weight excluding hydrogens is 277 g/mol. The fourth-order valence-corrected chi connectivity index (χ4v) is 3.14. The Hall–Kier alpha value is -0.380. The normalized spacial score (nSPS) is 24.8. The fraction of sp³-hybridized carbons (Fsp3) is 0.929. The van der Waals surface area contributed by atoms with Crippen molar-refractivity contribution in [3.8, 4) is 0 Å². The van der Waals surface area contributed by atoms with Crippen LogP contribution in [0.3, 0.4) is 0 Å². The lowest BCUT2D eigenvalue weighted by atomic mass is 9.85. The van der Waals surface area contributed by atoms with E-state index in [9.17, 15) is 4.79 Å². The predicted octanol–water partition coefficient (Wildman–Crippen LogP) is 2.72. The molecule has 1 aliphatic heterocycles. The number of likely N-dealkylation sites (tertiary alicyclic amines) is 1. The lowest BCUT2D eigenvalue weighted by molar-refractivity contribution is -0.0215. The van der Waals surface area contributed by atoms with Crippen molar-refractivity contribution < 1.29 is 19.2 Å². The van der Waals surface area contributed by atoms with Crippen molar-refractivity contribution in [1.82, 2.24) is 4.90 Å². The highest BCUT2D eigenvalue weighted by atomic mass is 31.0. The zero-order chi connectivity index (χ0) is 15.4. The third-order valence-corrected chi connectivity index (χ3v) is 4.28. The Bertz CT molecular complexity index is 332. The van der Waals surface area contributed by atoms with E-state index in [1.165, 1.54) is 0 Å². The lowest BCUT2D eigenvalue weighted by Gasteiger charge is -2.42. The summed E-state index contributed by atoms with van der Waals surface area (Å²) >= 11 is 0. The Morgan fingerprint density at radius 3 is 2.65 bits per heavy atom. The van der Waals surface area contributed by atoms with E-state index in [0.29, 0.717) is 13.0 Å². The summed E-state index contributed by atoms with van der Waals surface area (Å²) in [5.41, 5.74) is -0.889. The summed E-state index contributed by atoms with van der Waals surface area (Å²) in [7, 11) is 2.28. The Morgan fingerprint density at radius 2 is 2.15 bits per heavy atom. The number of hydrogen-bond acceptors (Lipinski definition) is 4. The summed E-state index contributed by atoms with van der Waals surface area (Å²) in [5, 5.41) is 9.13. The van der Waals surface area contributed by atoms with Crippen LogP contribution in [0, 0.1) is 0 Å². The van der Waals surface area contributed by atoms with Crippen molar-refractivity contribution in [2.24, 2.45) is 0 Å². The maximum absolute atomic E-state index is 12.4. The standard InChI is InChI=1S/C14H28NO4P/c1-11(19-20)14(8-6-10-16)7-5-9-15(14)12(17)18-13(2,3)4/h11,16H,5-10,20H2,1-4H3. The zero-order valence-electron chi connectivity index (χ0n) is 13.0. The summed E-state index contributed by atoms with van der Waals surface area (Å²) in [5.74, 6) is 0. The Labute approximate surface area is 124 Å². The molecule has 1 N–H and O–H groups in total. The first-order valence-corrected chi connectivity index (χ1v) is 7.71. The van der Waals surface area contributed by atoms with Crippen molar-refractivity contribution in [2.75, 3.05) is 13.2 Å². The average molecular weight is 305 g/mol. The molecule has 6 heteroatoms. The van der Waals surface area contributed by atoms with Gasteiger partial charge in [0.05, 0.1) is 11.6 Å². The van der Waals surface area contributed by atoms with Crippen molar-refractivity contribution in [3.63, 3.8) is 0 Å². The highest BCUT2D eigenvalue weighted by molar-refractivity contribution is 7.09. The van der Waals surface area contributed by atoms with Crippen LogP contribution in [0.2, 0.25) is 0 Å². The molecule has 0 bridgehead atoms. The molecule has 0 aromatic carbocycles. The number of amides is 1. The second-order valence-corrected chi connectivity index (χ2v) is 6.72. The second-order valence-electron chi connectivity index (χ2n) is 6.44. The molecule has 1 saturated heterocycles. The van der Waals surface area contributed by atoms with E-state index in [2.05, 4.69) is 9.47 Å². The number of rotatable bonds is 5. The molecule has 118 valence electrons. The molecule has 1 amide bonds. The minimum absolute atomic E-state index is 0.117. The van der Waals surface area contributed by atoms with Gasteiger partial charge in [-0.1, -0.05) is 0 Å². The van der Waals surface area contributed by atoms with Gasteiger partial charge in [0.25, 0.3) is 0 Å². The van der Waals surface area contributed by atoms with Gasteiger partial charge in [-0.2, -0.15) is 0 Å². The first-order chi connectivity index (χ1) is 9.27. The molecule has 3 atom stereocenters. The molecule has 0 saturated carbocycles. The van der Waals surface area contributed by atoms with Crippen LogP contribution >= 0.6 is 9.47 Å². The van der Waals surface area contributed by atoms with Crippen LogP contribution in [-0.2, 0) is 9.26 Å². The topological polar surface area (TPSA) is 59.0 Å². The van der Waals surface area contributed by atoms with Gasteiger partial charge in [0.2, 0.25) is 0 Å². The van der Waals surface area contributed by atoms with Crippen LogP contribution in [0.1, 0.15) is 53.4 Å². The predicted molar refractivity (Wildman–Crippen MR) is 81.5 cm³/mol. The van der Waals surface area contributed by atoms with Gasteiger partial charge < -0.3 is 14.4 Å². The van der Waals surface area contributed by atoms with Gasteiger partial charge in [0.15, 0.2) is 0 Å². The van der Waals surface area contributed by atoms with Crippen molar-refractivity contribution in [2.45, 2.75) is 70.6 Å². The van der Waals surface area contributed by atoms with Gasteiger partial charge in [-0.3, -0.25) is 4.90 Å². The maximum Gasteiger partial charge on any atom is 0.410 e. The number of carbonyl (C=O) groups excluding carboxylic acids is 1. The van der Waals surface area contributed by atoms with Crippen molar-refractivity contribution in [1.29, 1.82) is 0 Å². The van der Waals surface area contributed by atoms with Gasteiger partial charge in [-0.15, -0.1) is 0 Å². The van der Waals surface area contributed by atoms with Crippen LogP contribution < -0.4 is 0 Å². The first-order valence-electron chi connectivity index (χ1n) is 7.24. The van der Waals surface area contributed by atoms with E-state index in [1.54, 1.807) is 4.90 Å². The highest BCUT2D eigenvalue weighted by Crippen LogP contribution is 2.39. The van der Waals surface area contributed by atoms with Crippen LogP contribution in [0.4, 0.5) is 4.79 Å². The van der Waals surface area contributed by atoms with E-state index in [0.717, 1.165) is 19.3 Å². The monoisotopic (exact) mass is 305 g/mol. The molecule has 20 heavy (non-hydrogen) atoms. The summed E-state index contributed by atoms with van der Waals surface area (Å²) < 4.78 is 10.9. The summed E-state index contributed by atoms with van der Waals surface area (Å²) in [6.07, 6.45) is 2.77. The van der Waals surface area contributed by atoms with Crippen LogP contribution in [0.25, 0.3) is 0 Å². The van der Waals surface area contributed by atoms with Gasteiger partial charge in [-0.25, -0.2) is 4.79 Å². The summed E-state index contributed by atoms with van der Waals surface area (Å²) in [6, 6.07) is 0. The molecule has 0 aromatic heterocycles. The highest BCUT2D eigenvalue weighted by Gasteiger charge is 2.48. The largest absolute Gasteiger partial charge is 0.444 e. The molecule has 1 fully saturated rings. The number of nitrogens with zero attached hydrogens (tertiary/aromatic N) is 1. The van der Waals surface area contributed by atoms with E-state index < -0.39 is 5.60 Å². The molecular formula is C14H28NO4P. The Kier molecular flexibility index (Phi) is 6.24. The lowest BCUT2D eigenvalue weighted by Crippen LogP contribution is -2.55. The van der Waals surface area contributed by atoms with Gasteiger partial charge >= 0.3 is 6.09 Å². The number of aliphatic hydroxyl groups is 1. The molecule has 0 aromatic rings. The molecule has 0 radical (unpaired) electrons. The van der Waals surface area contributed by atoms with Gasteiger partial charge in [0.1, 0.15) is 5.60 Å². The number of ether oxygens (including phenoxy) is 1. The van der Waals surface area contributed by atoms with Crippen LogP contribution in [-0.4, -0.2) is 46.5 Å². The average Bonchev–Trinajstić information content (AvgIpc) is 2.78. The molecule has 0 spiro atoms. The minimum Gasteiger partial charge on any atom is -0.444 e. The molecule has 1 heterocycles. The van der Waals surface area contributed by atoms with E-state index in [-0.39, 0.29) is 24.3 Å². The van der Waals surface area contributed by atoms with Crippen LogP contribution in [0.15, 0.2) is 0 Å². The van der Waals surface area contributed by atoms with Crippen molar-refractivity contribution >= 4 is 15.6 Å². The van der Waals surface area contributed by atoms with E-state index >= 15 is 0 Å². The molecule has 1 aliphatic rings. The summed E-state index contributed by atoms with van der Waals surface area (Å²) in [6.45, 7) is 8.36. The van der Waals surface area contributed by atoms with E-state index in [4.69, 9.17) is 14.4 Å². The zero-order valence-corrected chi connectivity index (χ0v) is 14.2. The second kappa shape index (κ2) is 7.06. The fourth-order valence-electron chi connectivity index (χ4n) is 2.89. The summed E-state index contributed by atoms with van der Waals surface area (Å²) in [4.78, 5) is 14.2.